The highest BCUT2D eigenvalue weighted by molar-refractivity contribution is 5.89. The van der Waals surface area contributed by atoms with Crippen LogP contribution in [0.4, 0.5) is 14.9 Å². The van der Waals surface area contributed by atoms with Crippen LogP contribution in [0.5, 0.6) is 0 Å². The number of aryl methyl sites for hydroxylation is 1. The van der Waals surface area contributed by atoms with Gasteiger partial charge in [0.15, 0.2) is 5.82 Å². The van der Waals surface area contributed by atoms with Gasteiger partial charge in [-0.15, -0.1) is 0 Å². The summed E-state index contributed by atoms with van der Waals surface area (Å²) in [7, 11) is 0. The molecule has 0 spiro atoms. The van der Waals surface area contributed by atoms with Crippen LogP contribution in [0.1, 0.15) is 42.6 Å². The monoisotopic (exact) mass is 384 g/mol. The Morgan fingerprint density at radius 1 is 1.39 bits per heavy atom. The summed E-state index contributed by atoms with van der Waals surface area (Å²) < 4.78 is 20.3. The van der Waals surface area contributed by atoms with Gasteiger partial charge in [0.25, 0.3) is 0 Å². The second-order valence-electron chi connectivity index (χ2n) is 6.87. The lowest BCUT2D eigenvalue weighted by molar-refractivity contribution is 0.142. The SMILES string of the molecule is Cc1noc([C@H]2CCCCN2C(=O)Nc2cnn(Cc3cccc(F)c3)c2)n1. The van der Waals surface area contributed by atoms with Crippen LogP contribution in [0.25, 0.3) is 0 Å². The number of halogens is 1. The van der Waals surface area contributed by atoms with Crippen LogP contribution >= 0.6 is 0 Å². The molecule has 1 saturated heterocycles. The zero-order valence-corrected chi connectivity index (χ0v) is 15.5. The normalized spacial score (nSPS) is 16.9. The fourth-order valence-electron chi connectivity index (χ4n) is 3.41. The molecule has 3 aromatic rings. The van der Waals surface area contributed by atoms with Crippen molar-refractivity contribution in [3.8, 4) is 0 Å². The van der Waals surface area contributed by atoms with Gasteiger partial charge in [-0.25, -0.2) is 9.18 Å². The zero-order chi connectivity index (χ0) is 19.5. The Morgan fingerprint density at radius 3 is 3.07 bits per heavy atom. The maximum atomic E-state index is 13.3. The Hall–Kier alpha value is -3.23. The second-order valence-corrected chi connectivity index (χ2v) is 6.87. The maximum absolute atomic E-state index is 13.3. The third kappa shape index (κ3) is 4.03. The van der Waals surface area contributed by atoms with Crippen LogP contribution in [0.2, 0.25) is 0 Å². The molecule has 1 aromatic carbocycles. The number of rotatable bonds is 4. The van der Waals surface area contributed by atoms with Gasteiger partial charge >= 0.3 is 6.03 Å². The van der Waals surface area contributed by atoms with Crippen molar-refractivity contribution >= 4 is 11.7 Å². The minimum Gasteiger partial charge on any atom is -0.337 e. The number of piperidine rings is 1. The lowest BCUT2D eigenvalue weighted by Gasteiger charge is -2.33. The molecule has 28 heavy (non-hydrogen) atoms. The molecular formula is C19H21FN6O2. The summed E-state index contributed by atoms with van der Waals surface area (Å²) in [6, 6.07) is 5.89. The summed E-state index contributed by atoms with van der Waals surface area (Å²) >= 11 is 0. The number of nitrogens with zero attached hydrogens (tertiary/aromatic N) is 5. The van der Waals surface area contributed by atoms with Crippen LogP contribution in [0.15, 0.2) is 41.2 Å². The molecule has 0 unspecified atom stereocenters. The molecule has 1 aliphatic rings. The van der Waals surface area contributed by atoms with Gasteiger partial charge in [0.1, 0.15) is 11.9 Å². The predicted octanol–water partition coefficient (Wildman–Crippen LogP) is 3.52. The van der Waals surface area contributed by atoms with Crippen molar-refractivity contribution in [2.75, 3.05) is 11.9 Å². The molecule has 0 aliphatic carbocycles. The average Bonchev–Trinajstić information content (AvgIpc) is 3.30. The first-order valence-electron chi connectivity index (χ1n) is 9.23. The van der Waals surface area contributed by atoms with E-state index in [9.17, 15) is 9.18 Å². The Balaban J connectivity index is 1.43. The molecule has 9 heteroatoms. The van der Waals surface area contributed by atoms with Crippen LogP contribution in [-0.4, -0.2) is 37.4 Å². The molecule has 146 valence electrons. The number of hydrogen-bond acceptors (Lipinski definition) is 5. The van der Waals surface area contributed by atoms with Crippen LogP contribution < -0.4 is 5.32 Å². The molecule has 1 aliphatic heterocycles. The quantitative estimate of drug-likeness (QED) is 0.743. The highest BCUT2D eigenvalue weighted by Gasteiger charge is 2.32. The molecule has 1 fully saturated rings. The molecule has 0 bridgehead atoms. The van der Waals surface area contributed by atoms with Crippen molar-refractivity contribution in [2.24, 2.45) is 0 Å². The van der Waals surface area contributed by atoms with Crippen LogP contribution in [-0.2, 0) is 6.54 Å². The first-order chi connectivity index (χ1) is 13.6. The van der Waals surface area contributed by atoms with E-state index >= 15 is 0 Å². The molecule has 0 radical (unpaired) electrons. The summed E-state index contributed by atoms with van der Waals surface area (Å²) in [6.45, 7) is 2.80. The van der Waals surface area contributed by atoms with Crippen LogP contribution in [0.3, 0.4) is 0 Å². The lowest BCUT2D eigenvalue weighted by atomic mass is 10.0. The van der Waals surface area contributed by atoms with E-state index in [-0.39, 0.29) is 17.9 Å². The highest BCUT2D eigenvalue weighted by Crippen LogP contribution is 2.30. The van der Waals surface area contributed by atoms with Crippen molar-refractivity contribution < 1.29 is 13.7 Å². The van der Waals surface area contributed by atoms with E-state index in [2.05, 4.69) is 20.6 Å². The second kappa shape index (κ2) is 7.79. The first kappa shape index (κ1) is 18.1. The molecule has 2 aromatic heterocycles. The first-order valence-corrected chi connectivity index (χ1v) is 9.23. The van der Waals surface area contributed by atoms with Crippen molar-refractivity contribution in [1.29, 1.82) is 0 Å². The van der Waals surface area contributed by atoms with Gasteiger partial charge in [-0.05, 0) is 43.9 Å². The van der Waals surface area contributed by atoms with Gasteiger partial charge in [-0.1, -0.05) is 17.3 Å². The van der Waals surface area contributed by atoms with E-state index in [1.54, 1.807) is 35.0 Å². The van der Waals surface area contributed by atoms with Crippen LogP contribution in [0, 0.1) is 12.7 Å². The van der Waals surface area contributed by atoms with E-state index < -0.39 is 0 Å². The van der Waals surface area contributed by atoms with Crippen molar-refractivity contribution in [3.63, 3.8) is 0 Å². The van der Waals surface area contributed by atoms with Gasteiger partial charge in [0, 0.05) is 12.7 Å². The van der Waals surface area contributed by atoms with Crippen molar-refractivity contribution in [2.45, 2.75) is 38.8 Å². The molecule has 2 amide bonds. The number of benzene rings is 1. The summed E-state index contributed by atoms with van der Waals surface area (Å²) in [6.07, 6.45) is 6.01. The predicted molar refractivity (Wildman–Crippen MR) is 99.1 cm³/mol. The topological polar surface area (TPSA) is 89.1 Å². The summed E-state index contributed by atoms with van der Waals surface area (Å²) in [5, 5.41) is 10.9. The molecule has 4 rings (SSSR count). The number of likely N-dealkylation sites (tertiary alicyclic amines) is 1. The number of anilines is 1. The standard InChI is InChI=1S/C19H21FN6O2/c1-13-22-18(28-24-13)17-7-2-3-8-26(17)19(27)23-16-10-21-25(12-16)11-14-5-4-6-15(20)9-14/h4-6,9-10,12,17H,2-3,7-8,11H2,1H3,(H,23,27)/t17-/m1/s1. The Labute approximate surface area is 161 Å². The Kier molecular flexibility index (Phi) is 5.05. The van der Waals surface area contributed by atoms with Gasteiger partial charge in [-0.2, -0.15) is 10.1 Å². The Morgan fingerprint density at radius 2 is 2.29 bits per heavy atom. The summed E-state index contributed by atoms with van der Waals surface area (Å²) in [5.41, 5.74) is 1.37. The number of amides is 2. The molecule has 8 nitrogen and oxygen atoms in total. The largest absolute Gasteiger partial charge is 0.337 e. The lowest BCUT2D eigenvalue weighted by Crippen LogP contribution is -2.41. The minimum absolute atomic E-state index is 0.225. The number of nitrogens with one attached hydrogen (secondary N) is 1. The molecule has 3 heterocycles. The molecule has 1 atom stereocenters. The van der Waals surface area contributed by atoms with Gasteiger partial charge < -0.3 is 14.7 Å². The van der Waals surface area contributed by atoms with Gasteiger partial charge in [-0.3, -0.25) is 4.68 Å². The fourth-order valence-corrected chi connectivity index (χ4v) is 3.41. The van der Waals surface area contributed by atoms with E-state index in [1.165, 1.54) is 12.1 Å². The van der Waals surface area contributed by atoms with E-state index in [0.717, 1.165) is 24.8 Å². The molecule has 0 saturated carbocycles. The fraction of sp³-hybridized carbons (Fsp3) is 0.368. The summed E-state index contributed by atoms with van der Waals surface area (Å²) in [5.74, 6) is 0.735. The third-order valence-corrected chi connectivity index (χ3v) is 4.71. The zero-order valence-electron chi connectivity index (χ0n) is 15.5. The smallest absolute Gasteiger partial charge is 0.322 e. The number of hydrogen-bond donors (Lipinski definition) is 1. The average molecular weight is 384 g/mol. The number of carbonyl (C=O) groups excluding carboxylic acids is 1. The van der Waals surface area contributed by atoms with Gasteiger partial charge in [0.05, 0.1) is 18.4 Å². The molecule has 1 N–H and O–H groups in total. The molecular weight excluding hydrogens is 363 g/mol. The highest BCUT2D eigenvalue weighted by atomic mass is 19.1. The summed E-state index contributed by atoms with van der Waals surface area (Å²) in [4.78, 5) is 18.8. The minimum atomic E-state index is -0.286. The maximum Gasteiger partial charge on any atom is 0.322 e. The Bertz CT molecular complexity index is 969. The van der Waals surface area contributed by atoms with E-state index in [0.29, 0.717) is 30.5 Å². The number of urea groups is 1. The van der Waals surface area contributed by atoms with Crippen molar-refractivity contribution in [1.82, 2.24) is 24.8 Å². The van der Waals surface area contributed by atoms with Crippen molar-refractivity contribution in [3.05, 3.63) is 59.8 Å². The number of carbonyl (C=O) groups is 1. The van der Waals surface area contributed by atoms with Gasteiger partial charge in [0.2, 0.25) is 5.89 Å². The van der Waals surface area contributed by atoms with E-state index in [1.807, 2.05) is 6.07 Å². The number of aromatic nitrogens is 4. The van der Waals surface area contributed by atoms with E-state index in [4.69, 9.17) is 4.52 Å². The third-order valence-electron chi connectivity index (χ3n) is 4.71.